The SMILES string of the molecule is CCN(CC)CCC(=O)c1ccc(F)c(N)c1. The Morgan fingerprint density at radius 3 is 2.53 bits per heavy atom. The number of hydrogen-bond donors (Lipinski definition) is 1. The van der Waals surface area contributed by atoms with Crippen LogP contribution in [0.15, 0.2) is 18.2 Å². The second-order valence-electron chi connectivity index (χ2n) is 3.94. The highest BCUT2D eigenvalue weighted by Gasteiger charge is 2.09. The topological polar surface area (TPSA) is 46.3 Å². The molecule has 3 nitrogen and oxygen atoms in total. The first kappa shape index (κ1) is 13.6. The van der Waals surface area contributed by atoms with Crippen molar-refractivity contribution in [3.05, 3.63) is 29.6 Å². The molecular weight excluding hydrogens is 219 g/mol. The zero-order valence-electron chi connectivity index (χ0n) is 10.4. The minimum Gasteiger partial charge on any atom is -0.396 e. The van der Waals surface area contributed by atoms with Gasteiger partial charge < -0.3 is 10.6 Å². The van der Waals surface area contributed by atoms with E-state index in [0.717, 1.165) is 19.6 Å². The van der Waals surface area contributed by atoms with Gasteiger partial charge in [-0.1, -0.05) is 13.8 Å². The highest BCUT2D eigenvalue weighted by atomic mass is 19.1. The van der Waals surface area contributed by atoms with Gasteiger partial charge in [0.05, 0.1) is 5.69 Å². The molecule has 17 heavy (non-hydrogen) atoms. The fraction of sp³-hybridized carbons (Fsp3) is 0.462. The first-order valence-electron chi connectivity index (χ1n) is 5.89. The van der Waals surface area contributed by atoms with Crippen LogP contribution in [0, 0.1) is 5.82 Å². The van der Waals surface area contributed by atoms with E-state index >= 15 is 0 Å². The third kappa shape index (κ3) is 3.82. The number of nitrogens with two attached hydrogens (primary N) is 1. The highest BCUT2D eigenvalue weighted by molar-refractivity contribution is 5.96. The van der Waals surface area contributed by atoms with Crippen LogP contribution in [-0.4, -0.2) is 30.3 Å². The summed E-state index contributed by atoms with van der Waals surface area (Å²) in [5.74, 6) is -0.478. The van der Waals surface area contributed by atoms with Gasteiger partial charge in [-0.3, -0.25) is 4.79 Å². The number of carbonyl (C=O) groups is 1. The van der Waals surface area contributed by atoms with E-state index in [1.807, 2.05) is 0 Å². The Hall–Kier alpha value is -1.42. The van der Waals surface area contributed by atoms with E-state index < -0.39 is 5.82 Å². The van der Waals surface area contributed by atoms with Gasteiger partial charge in [0.25, 0.3) is 0 Å². The van der Waals surface area contributed by atoms with Crippen LogP contribution in [-0.2, 0) is 0 Å². The molecule has 0 atom stereocenters. The second-order valence-corrected chi connectivity index (χ2v) is 3.94. The minimum atomic E-state index is -0.481. The van der Waals surface area contributed by atoms with Gasteiger partial charge in [0.15, 0.2) is 5.78 Å². The van der Waals surface area contributed by atoms with Crippen LogP contribution in [0.4, 0.5) is 10.1 Å². The van der Waals surface area contributed by atoms with E-state index in [1.54, 1.807) is 0 Å². The summed E-state index contributed by atoms with van der Waals surface area (Å²) in [4.78, 5) is 14.0. The third-order valence-corrected chi connectivity index (χ3v) is 2.87. The summed E-state index contributed by atoms with van der Waals surface area (Å²) in [5, 5.41) is 0. The zero-order chi connectivity index (χ0) is 12.8. The number of hydrogen-bond acceptors (Lipinski definition) is 3. The lowest BCUT2D eigenvalue weighted by atomic mass is 10.1. The van der Waals surface area contributed by atoms with Gasteiger partial charge in [-0.25, -0.2) is 4.39 Å². The maximum Gasteiger partial charge on any atom is 0.164 e. The van der Waals surface area contributed by atoms with Gasteiger partial charge >= 0.3 is 0 Å². The van der Waals surface area contributed by atoms with E-state index in [-0.39, 0.29) is 11.5 Å². The molecule has 0 unspecified atom stereocenters. The Morgan fingerprint density at radius 1 is 1.35 bits per heavy atom. The van der Waals surface area contributed by atoms with E-state index in [4.69, 9.17) is 5.73 Å². The van der Waals surface area contributed by atoms with Crippen molar-refractivity contribution in [2.45, 2.75) is 20.3 Å². The van der Waals surface area contributed by atoms with Gasteiger partial charge in [0.1, 0.15) is 5.82 Å². The lowest BCUT2D eigenvalue weighted by molar-refractivity contribution is 0.0966. The average molecular weight is 238 g/mol. The number of carbonyl (C=O) groups excluding carboxylic acids is 1. The Balaban J connectivity index is 2.61. The largest absolute Gasteiger partial charge is 0.396 e. The summed E-state index contributed by atoms with van der Waals surface area (Å²) in [5.41, 5.74) is 5.94. The molecule has 0 aromatic heterocycles. The van der Waals surface area contributed by atoms with Gasteiger partial charge in [0, 0.05) is 18.5 Å². The molecule has 0 bridgehead atoms. The number of rotatable bonds is 6. The average Bonchev–Trinajstić information content (AvgIpc) is 2.33. The number of benzene rings is 1. The van der Waals surface area contributed by atoms with Crippen molar-refractivity contribution in [3.8, 4) is 0 Å². The molecule has 0 aliphatic carbocycles. The first-order chi connectivity index (χ1) is 8.08. The molecule has 0 radical (unpaired) electrons. The van der Waals surface area contributed by atoms with Gasteiger partial charge in [0.2, 0.25) is 0 Å². The van der Waals surface area contributed by atoms with Crippen LogP contribution in [0.5, 0.6) is 0 Å². The van der Waals surface area contributed by atoms with Crippen LogP contribution >= 0.6 is 0 Å². The molecule has 0 saturated carbocycles. The van der Waals surface area contributed by atoms with Crippen LogP contribution in [0.3, 0.4) is 0 Å². The first-order valence-corrected chi connectivity index (χ1v) is 5.89. The zero-order valence-corrected chi connectivity index (χ0v) is 10.4. The molecule has 0 saturated heterocycles. The Kier molecular flexibility index (Phi) is 5.10. The van der Waals surface area contributed by atoms with Crippen molar-refractivity contribution in [2.24, 2.45) is 0 Å². The normalized spacial score (nSPS) is 10.8. The summed E-state index contributed by atoms with van der Waals surface area (Å²) in [6.45, 7) is 6.70. The third-order valence-electron chi connectivity index (χ3n) is 2.87. The summed E-state index contributed by atoms with van der Waals surface area (Å²) >= 11 is 0. The fourth-order valence-electron chi connectivity index (χ4n) is 1.66. The van der Waals surface area contributed by atoms with Crippen molar-refractivity contribution in [1.29, 1.82) is 0 Å². The quantitative estimate of drug-likeness (QED) is 0.611. The molecule has 1 aromatic rings. The number of Topliss-reactive ketones (excluding diaryl/α,β-unsaturated/α-hetero) is 1. The molecular formula is C13H19FN2O. The number of anilines is 1. The fourth-order valence-corrected chi connectivity index (χ4v) is 1.66. The molecule has 0 amide bonds. The van der Waals surface area contributed by atoms with Crippen LogP contribution in [0.2, 0.25) is 0 Å². The maximum absolute atomic E-state index is 12.9. The Morgan fingerprint density at radius 2 is 2.00 bits per heavy atom. The molecule has 0 heterocycles. The minimum absolute atomic E-state index is 0.00333. The molecule has 1 aromatic carbocycles. The van der Waals surface area contributed by atoms with Crippen molar-refractivity contribution < 1.29 is 9.18 Å². The molecule has 0 fully saturated rings. The molecule has 4 heteroatoms. The number of nitrogens with zero attached hydrogens (tertiary/aromatic N) is 1. The highest BCUT2D eigenvalue weighted by Crippen LogP contribution is 2.13. The number of ketones is 1. The van der Waals surface area contributed by atoms with Crippen LogP contribution in [0.25, 0.3) is 0 Å². The van der Waals surface area contributed by atoms with E-state index in [1.165, 1.54) is 18.2 Å². The van der Waals surface area contributed by atoms with Crippen molar-refractivity contribution in [2.75, 3.05) is 25.4 Å². The van der Waals surface area contributed by atoms with Crippen LogP contribution in [0.1, 0.15) is 30.6 Å². The van der Waals surface area contributed by atoms with Gasteiger partial charge in [-0.05, 0) is 31.3 Å². The Bertz CT molecular complexity index is 389. The molecule has 94 valence electrons. The lowest BCUT2D eigenvalue weighted by Crippen LogP contribution is -2.25. The lowest BCUT2D eigenvalue weighted by Gasteiger charge is -2.17. The van der Waals surface area contributed by atoms with Gasteiger partial charge in [-0.15, -0.1) is 0 Å². The molecule has 0 aliphatic heterocycles. The predicted octanol–water partition coefficient (Wildman–Crippen LogP) is 2.32. The van der Waals surface area contributed by atoms with Crippen molar-refractivity contribution in [3.63, 3.8) is 0 Å². The molecule has 2 N–H and O–H groups in total. The Labute approximate surface area is 101 Å². The molecule has 1 rings (SSSR count). The maximum atomic E-state index is 12.9. The van der Waals surface area contributed by atoms with Crippen molar-refractivity contribution >= 4 is 11.5 Å². The van der Waals surface area contributed by atoms with E-state index in [0.29, 0.717) is 12.0 Å². The summed E-state index contributed by atoms with van der Waals surface area (Å²) in [6.07, 6.45) is 0.437. The van der Waals surface area contributed by atoms with E-state index in [9.17, 15) is 9.18 Å². The van der Waals surface area contributed by atoms with E-state index in [2.05, 4.69) is 18.7 Å². The summed E-state index contributed by atoms with van der Waals surface area (Å²) in [7, 11) is 0. The summed E-state index contributed by atoms with van der Waals surface area (Å²) in [6, 6.07) is 4.12. The summed E-state index contributed by atoms with van der Waals surface area (Å²) < 4.78 is 12.9. The van der Waals surface area contributed by atoms with Gasteiger partial charge in [-0.2, -0.15) is 0 Å². The predicted molar refractivity (Wildman–Crippen MR) is 67.5 cm³/mol. The molecule has 0 spiro atoms. The smallest absolute Gasteiger partial charge is 0.164 e. The monoisotopic (exact) mass is 238 g/mol. The number of nitrogen functional groups attached to an aromatic ring is 1. The second kappa shape index (κ2) is 6.35. The standard InChI is InChI=1S/C13H19FN2O/c1-3-16(4-2)8-7-13(17)10-5-6-11(14)12(15)9-10/h5-6,9H,3-4,7-8,15H2,1-2H3. The number of halogens is 1. The van der Waals surface area contributed by atoms with Crippen LogP contribution < -0.4 is 5.73 Å². The van der Waals surface area contributed by atoms with Crippen molar-refractivity contribution in [1.82, 2.24) is 4.90 Å². The molecule has 0 aliphatic rings.